The Morgan fingerprint density at radius 1 is 1.14 bits per heavy atom. The number of anilines is 1. The normalized spacial score (nSPS) is 16.1. The maximum absolute atomic E-state index is 13.1. The molecule has 1 aliphatic carbocycles. The van der Waals surface area contributed by atoms with E-state index in [1.165, 1.54) is 30.6 Å². The molecule has 1 aliphatic heterocycles. The fourth-order valence-electron chi connectivity index (χ4n) is 5.47. The van der Waals surface area contributed by atoms with E-state index in [-0.39, 0.29) is 29.4 Å². The minimum absolute atomic E-state index is 0.0879. The summed E-state index contributed by atoms with van der Waals surface area (Å²) in [4.78, 5) is 19.4. The number of hydrogen-bond donors (Lipinski definition) is 1. The zero-order chi connectivity index (χ0) is 31.0. The van der Waals surface area contributed by atoms with Crippen molar-refractivity contribution in [2.45, 2.75) is 70.5 Å². The highest BCUT2D eigenvalue weighted by Gasteiger charge is 2.36. The number of para-hydroxylation sites is 1. The van der Waals surface area contributed by atoms with Crippen LogP contribution in [0.25, 0.3) is 21.5 Å². The molecule has 9 nitrogen and oxygen atoms in total. The molecule has 0 unspecified atom stereocenters. The third kappa shape index (κ3) is 6.63. The van der Waals surface area contributed by atoms with Gasteiger partial charge in [-0.1, -0.05) is 28.6 Å². The minimum atomic E-state index is -4.82. The molecule has 6 rings (SSSR count). The van der Waals surface area contributed by atoms with E-state index < -0.39 is 12.3 Å². The maximum Gasteiger partial charge on any atom is 0.573 e. The van der Waals surface area contributed by atoms with Gasteiger partial charge in [0.15, 0.2) is 5.13 Å². The summed E-state index contributed by atoms with van der Waals surface area (Å²) in [5, 5.41) is 8.66. The number of thiazole rings is 1. The topological polar surface area (TPSA) is 99.0 Å². The number of rotatable bonds is 10. The van der Waals surface area contributed by atoms with Crippen LogP contribution in [-0.4, -0.2) is 54.8 Å². The van der Waals surface area contributed by atoms with Crippen molar-refractivity contribution in [3.63, 3.8) is 0 Å². The lowest BCUT2D eigenvalue weighted by molar-refractivity contribution is -0.274. The van der Waals surface area contributed by atoms with Crippen LogP contribution < -0.4 is 19.7 Å². The quantitative estimate of drug-likeness (QED) is 0.185. The van der Waals surface area contributed by atoms with Crippen LogP contribution in [-0.2, 0) is 11.3 Å². The average Bonchev–Trinajstić information content (AvgIpc) is 3.59. The molecule has 3 heterocycles. The van der Waals surface area contributed by atoms with Gasteiger partial charge in [0.05, 0.1) is 23.5 Å². The molecule has 2 aromatic carbocycles. The molecule has 1 saturated carbocycles. The van der Waals surface area contributed by atoms with Crippen LogP contribution in [0.3, 0.4) is 0 Å². The molecule has 0 spiro atoms. The molecule has 0 bridgehead atoms. The Morgan fingerprint density at radius 2 is 1.89 bits per heavy atom. The van der Waals surface area contributed by atoms with Gasteiger partial charge in [0.2, 0.25) is 0 Å². The first-order valence-electron chi connectivity index (χ1n) is 14.6. The number of hydrogen-bond acceptors (Lipinski definition) is 10. The van der Waals surface area contributed by atoms with Crippen LogP contribution in [0.15, 0.2) is 40.9 Å². The fraction of sp³-hybridized carbons (Fsp3) is 0.452. The molecular weight excluding hydrogens is 597 g/mol. The summed E-state index contributed by atoms with van der Waals surface area (Å²) in [7, 11) is 1.35. The molecule has 4 aromatic rings. The standard InChI is InChI=1S/C31H33F3N4O5S/c1-17(2)41-24-14-19(29(39)40-3)15-25-27(24)36-30(44-25)38-12-10-20(11-13-38)35-16-22-26(37-43-28(22)18-8-9-18)21-6-4-5-7-23(21)42-31(32,33)34/h4-7,14-15,17-18,20,35H,8-13,16H2,1-3H3. The Hall–Kier alpha value is -3.84. The number of benzene rings is 2. The summed E-state index contributed by atoms with van der Waals surface area (Å²) < 4.78 is 61.1. The number of nitrogens with zero attached hydrogens (tertiary/aromatic N) is 3. The number of esters is 1. The van der Waals surface area contributed by atoms with Crippen molar-refractivity contribution in [1.29, 1.82) is 0 Å². The number of alkyl halides is 3. The first kappa shape index (κ1) is 30.2. The van der Waals surface area contributed by atoms with E-state index in [2.05, 4.69) is 20.1 Å². The molecule has 1 saturated heterocycles. The van der Waals surface area contributed by atoms with Gasteiger partial charge in [-0.3, -0.25) is 0 Å². The van der Waals surface area contributed by atoms with Crippen molar-refractivity contribution in [2.75, 3.05) is 25.1 Å². The van der Waals surface area contributed by atoms with Gasteiger partial charge >= 0.3 is 12.3 Å². The highest BCUT2D eigenvalue weighted by atomic mass is 32.1. The van der Waals surface area contributed by atoms with Gasteiger partial charge in [0, 0.05) is 42.7 Å². The molecule has 0 amide bonds. The Bertz CT molecular complexity index is 1640. The van der Waals surface area contributed by atoms with Crippen molar-refractivity contribution in [3.05, 3.63) is 53.3 Å². The van der Waals surface area contributed by atoms with Crippen LogP contribution in [0.2, 0.25) is 0 Å². The minimum Gasteiger partial charge on any atom is -0.489 e. The molecule has 234 valence electrons. The second-order valence-electron chi connectivity index (χ2n) is 11.3. The zero-order valence-electron chi connectivity index (χ0n) is 24.6. The summed E-state index contributed by atoms with van der Waals surface area (Å²) in [6, 6.07) is 9.67. The molecule has 0 radical (unpaired) electrons. The Labute approximate surface area is 256 Å². The van der Waals surface area contributed by atoms with E-state index in [9.17, 15) is 18.0 Å². The van der Waals surface area contributed by atoms with E-state index in [1.807, 2.05) is 13.8 Å². The average molecular weight is 631 g/mol. The fourth-order valence-corrected chi connectivity index (χ4v) is 6.54. The van der Waals surface area contributed by atoms with Gasteiger partial charge < -0.3 is 29.0 Å². The van der Waals surface area contributed by atoms with Crippen LogP contribution in [0.1, 0.15) is 67.1 Å². The number of carbonyl (C=O) groups excluding carboxylic acids is 1. The lowest BCUT2D eigenvalue weighted by atomic mass is 10.0. The Morgan fingerprint density at radius 3 is 2.57 bits per heavy atom. The summed E-state index contributed by atoms with van der Waals surface area (Å²) in [5.41, 5.74) is 2.53. The highest BCUT2D eigenvalue weighted by molar-refractivity contribution is 7.22. The van der Waals surface area contributed by atoms with E-state index >= 15 is 0 Å². The predicted octanol–water partition coefficient (Wildman–Crippen LogP) is 7.06. The zero-order valence-corrected chi connectivity index (χ0v) is 25.4. The molecule has 0 atom stereocenters. The summed E-state index contributed by atoms with van der Waals surface area (Å²) >= 11 is 1.51. The number of piperidine rings is 1. The molecule has 44 heavy (non-hydrogen) atoms. The van der Waals surface area contributed by atoms with E-state index in [4.69, 9.17) is 19.0 Å². The van der Waals surface area contributed by atoms with Crippen molar-refractivity contribution < 1.29 is 36.7 Å². The van der Waals surface area contributed by atoms with E-state index in [0.717, 1.165) is 59.9 Å². The largest absolute Gasteiger partial charge is 0.573 e. The second kappa shape index (κ2) is 12.3. The summed E-state index contributed by atoms with van der Waals surface area (Å²) in [6.45, 7) is 5.79. The number of carbonyl (C=O) groups is 1. The third-order valence-corrected chi connectivity index (χ3v) is 8.76. The van der Waals surface area contributed by atoms with Crippen LogP contribution in [0.4, 0.5) is 18.3 Å². The van der Waals surface area contributed by atoms with Crippen LogP contribution >= 0.6 is 11.3 Å². The molecule has 1 N–H and O–H groups in total. The van der Waals surface area contributed by atoms with Crippen LogP contribution in [0.5, 0.6) is 11.5 Å². The smallest absolute Gasteiger partial charge is 0.489 e. The molecular formula is C31H33F3N4O5S. The van der Waals surface area contributed by atoms with Crippen molar-refractivity contribution >= 4 is 32.7 Å². The maximum atomic E-state index is 13.1. The number of halogens is 3. The number of ether oxygens (including phenoxy) is 3. The van der Waals surface area contributed by atoms with Gasteiger partial charge in [-0.2, -0.15) is 0 Å². The molecule has 2 aliphatic rings. The first-order chi connectivity index (χ1) is 21.1. The first-order valence-corrected chi connectivity index (χ1v) is 15.4. The van der Waals surface area contributed by atoms with Gasteiger partial charge in [0.1, 0.15) is 28.5 Å². The number of nitrogens with one attached hydrogen (secondary N) is 1. The summed E-state index contributed by atoms with van der Waals surface area (Å²) in [6.07, 6.45) is -1.30. The van der Waals surface area contributed by atoms with E-state index in [0.29, 0.717) is 29.1 Å². The van der Waals surface area contributed by atoms with Gasteiger partial charge in [0.25, 0.3) is 0 Å². The lowest BCUT2D eigenvalue weighted by Gasteiger charge is -2.32. The van der Waals surface area contributed by atoms with Gasteiger partial charge in [-0.05, 0) is 63.8 Å². The van der Waals surface area contributed by atoms with E-state index in [1.54, 1.807) is 24.3 Å². The predicted molar refractivity (Wildman–Crippen MR) is 159 cm³/mol. The Kier molecular flexibility index (Phi) is 8.42. The number of methoxy groups -OCH3 is 1. The van der Waals surface area contributed by atoms with Crippen molar-refractivity contribution in [1.82, 2.24) is 15.5 Å². The Balaban J connectivity index is 1.16. The second-order valence-corrected chi connectivity index (χ2v) is 12.3. The van der Waals surface area contributed by atoms with Crippen LogP contribution in [0, 0.1) is 0 Å². The number of aromatic nitrogens is 2. The SMILES string of the molecule is COC(=O)c1cc(OC(C)C)c2nc(N3CCC(NCc4c(-c5ccccc5OC(F)(F)F)noc4C4CC4)CC3)sc2c1. The van der Waals surface area contributed by atoms with Gasteiger partial charge in [-0.15, -0.1) is 13.2 Å². The van der Waals surface area contributed by atoms with Crippen molar-refractivity contribution in [3.8, 4) is 22.8 Å². The third-order valence-electron chi connectivity index (χ3n) is 7.70. The summed E-state index contributed by atoms with van der Waals surface area (Å²) in [5.74, 6) is 0.775. The lowest BCUT2D eigenvalue weighted by Crippen LogP contribution is -2.42. The highest BCUT2D eigenvalue weighted by Crippen LogP contribution is 2.45. The molecule has 2 aromatic heterocycles. The van der Waals surface area contributed by atoms with Gasteiger partial charge in [-0.25, -0.2) is 9.78 Å². The number of fused-ring (bicyclic) bond motifs is 1. The molecule has 13 heteroatoms. The monoisotopic (exact) mass is 630 g/mol. The molecule has 2 fully saturated rings. The van der Waals surface area contributed by atoms with Crippen molar-refractivity contribution in [2.24, 2.45) is 0 Å².